The molecule has 0 aliphatic carbocycles. The molecule has 0 aliphatic rings. The average Bonchev–Trinajstić information content (AvgIpc) is 1.38. The van der Waals surface area contributed by atoms with E-state index in [2.05, 4.69) is 5.73 Å². The van der Waals surface area contributed by atoms with E-state index in [4.69, 9.17) is 9.16 Å². The van der Waals surface area contributed by atoms with Gasteiger partial charge >= 0.3 is 0 Å². The Hall–Kier alpha value is -0.0200. The van der Waals surface area contributed by atoms with Crippen LogP contribution in [0.15, 0.2) is 0 Å². The van der Waals surface area contributed by atoms with Crippen LogP contribution in [0.25, 0.3) is 0 Å². The molecule has 32 valence electrons. The number of hydrogen-bond acceptors (Lipinski definition) is 4. The van der Waals surface area contributed by atoms with Crippen molar-refractivity contribution < 1.29 is 4.55 Å². The van der Waals surface area contributed by atoms with Crippen molar-refractivity contribution in [3.63, 3.8) is 0 Å². The number of nitrogens with zero attached hydrogens (tertiary/aromatic N) is 1. The molecule has 0 spiro atoms. The summed E-state index contributed by atoms with van der Waals surface area (Å²) in [5.41, 5.74) is 4.68. The molecule has 3 N–H and O–H groups in total. The normalized spacial score (nSPS) is 9.20. The fraction of sp³-hybridized carbons (Fsp3) is 1.00. The third-order valence-corrected chi connectivity index (χ3v) is 0.447. The number of rotatable bonds is 0. The maximum Gasteiger partial charge on any atom is -0.0451 e. The zero-order chi connectivity index (χ0) is 4.28. The number of hydrogen-bond donors (Lipinski definition) is 2. The van der Waals surface area contributed by atoms with Gasteiger partial charge in [0.25, 0.3) is 0 Å². The van der Waals surface area contributed by atoms with Gasteiger partial charge in [-0.2, -0.15) is 10.8 Å². The second-order valence-corrected chi connectivity index (χ2v) is 1.52. The van der Waals surface area contributed by atoms with E-state index < -0.39 is 10.8 Å². The Balaban J connectivity index is 2.97. The molecular weight excluding hydrogens is 88.1 g/mol. The van der Waals surface area contributed by atoms with Crippen molar-refractivity contribution in [2.75, 3.05) is 5.88 Å². The van der Waals surface area contributed by atoms with Gasteiger partial charge in [-0.3, -0.25) is 0 Å². The quantitative estimate of drug-likeness (QED) is 0.396. The van der Waals surface area contributed by atoms with Gasteiger partial charge < -0.3 is 14.9 Å². The van der Waals surface area contributed by atoms with Crippen LogP contribution < -0.4 is 5.73 Å². The SMILES string of the molecule is N#[S-](O)CN. The summed E-state index contributed by atoms with van der Waals surface area (Å²) in [5, 5.41) is 0. The van der Waals surface area contributed by atoms with Crippen molar-refractivity contribution in [1.29, 1.82) is 4.61 Å². The van der Waals surface area contributed by atoms with Gasteiger partial charge in [0.15, 0.2) is 0 Å². The highest BCUT2D eigenvalue weighted by atomic mass is 32.2. The molecule has 0 radical (unpaired) electrons. The average molecular weight is 93.1 g/mol. The maximum atomic E-state index is 7.82. The van der Waals surface area contributed by atoms with Gasteiger partial charge in [-0.15, -0.1) is 0 Å². The molecule has 0 fully saturated rings. The van der Waals surface area contributed by atoms with E-state index in [1.807, 2.05) is 0 Å². The summed E-state index contributed by atoms with van der Waals surface area (Å²) in [6, 6.07) is 0. The first-order chi connectivity index (χ1) is 2.27. The molecule has 0 rings (SSSR count). The van der Waals surface area contributed by atoms with Crippen LogP contribution in [0.4, 0.5) is 0 Å². The monoisotopic (exact) mass is 93.0 g/mol. The maximum absolute atomic E-state index is 7.82. The van der Waals surface area contributed by atoms with E-state index >= 15 is 0 Å². The molecule has 0 amide bonds. The third-order valence-electron chi connectivity index (χ3n) is 0.149. The minimum absolute atomic E-state index is 0.0556. The summed E-state index contributed by atoms with van der Waals surface area (Å²) in [6.07, 6.45) is 0. The molecule has 0 aromatic heterocycles. The summed E-state index contributed by atoms with van der Waals surface area (Å²) in [7, 11) is -1.54. The van der Waals surface area contributed by atoms with Crippen LogP contribution in [0.1, 0.15) is 0 Å². The predicted octanol–water partition coefficient (Wildman–Crippen LogP) is -0.527. The van der Waals surface area contributed by atoms with Crippen LogP contribution in [0.2, 0.25) is 0 Å². The molecule has 3 nitrogen and oxygen atoms in total. The van der Waals surface area contributed by atoms with Gasteiger partial charge in [0, 0.05) is 0 Å². The van der Waals surface area contributed by atoms with Crippen LogP contribution in [0.3, 0.4) is 0 Å². The fourth-order valence-electron chi connectivity index (χ4n) is 0. The molecule has 0 aromatic rings. The number of nitrogens with two attached hydrogens (primary N) is 1. The highest BCUT2D eigenvalue weighted by molar-refractivity contribution is 7.77. The lowest BCUT2D eigenvalue weighted by molar-refractivity contribution is 0.650. The Kier molecular flexibility index (Phi) is 2.22. The van der Waals surface area contributed by atoms with E-state index in [0.717, 1.165) is 0 Å². The molecule has 0 heterocycles. The largest absolute Gasteiger partial charge is 0.474 e. The lowest BCUT2D eigenvalue weighted by Crippen LogP contribution is -2.01. The van der Waals surface area contributed by atoms with Gasteiger partial charge in [0.1, 0.15) is 0 Å². The van der Waals surface area contributed by atoms with Crippen molar-refractivity contribution in [3.8, 4) is 0 Å². The highest BCUT2D eigenvalue weighted by Gasteiger charge is 1.50. The van der Waals surface area contributed by atoms with Gasteiger partial charge in [-0.05, 0) is 5.88 Å². The first-order valence-corrected chi connectivity index (χ1v) is 2.37. The van der Waals surface area contributed by atoms with Gasteiger partial charge in [-0.1, -0.05) is 0 Å². The molecular formula is CH5N2OS-. The lowest BCUT2D eigenvalue weighted by Gasteiger charge is -1.91. The molecule has 4 heteroatoms. The molecule has 0 bridgehead atoms. The van der Waals surface area contributed by atoms with Crippen molar-refractivity contribution in [2.45, 2.75) is 0 Å². The van der Waals surface area contributed by atoms with Crippen molar-refractivity contribution >= 4 is 10.8 Å². The minimum atomic E-state index is -1.54. The summed E-state index contributed by atoms with van der Waals surface area (Å²) in [6.45, 7) is 0. The van der Waals surface area contributed by atoms with Crippen LogP contribution in [-0.4, -0.2) is 10.4 Å². The Morgan fingerprint density at radius 1 is 2.00 bits per heavy atom. The second-order valence-electron chi connectivity index (χ2n) is 0.507. The molecule has 0 saturated heterocycles. The topological polar surface area (TPSA) is 70.0 Å². The zero-order valence-corrected chi connectivity index (χ0v) is 3.40. The molecule has 0 atom stereocenters. The van der Waals surface area contributed by atoms with Crippen molar-refractivity contribution in [1.82, 2.24) is 0 Å². The highest BCUT2D eigenvalue weighted by Crippen LogP contribution is 1.52. The van der Waals surface area contributed by atoms with Crippen molar-refractivity contribution in [3.05, 3.63) is 0 Å². The van der Waals surface area contributed by atoms with Crippen molar-refractivity contribution in [2.24, 2.45) is 5.73 Å². The van der Waals surface area contributed by atoms with E-state index in [1.165, 1.54) is 0 Å². The molecule has 0 aromatic carbocycles. The summed E-state index contributed by atoms with van der Waals surface area (Å²) in [4.78, 5) is 0. The van der Waals surface area contributed by atoms with Crippen LogP contribution in [0, 0.1) is 4.61 Å². The summed E-state index contributed by atoms with van der Waals surface area (Å²) in [5.74, 6) is -0.0556. The summed E-state index contributed by atoms with van der Waals surface area (Å²) < 4.78 is 15.6. The summed E-state index contributed by atoms with van der Waals surface area (Å²) >= 11 is 0. The second kappa shape index (κ2) is 2.23. The molecule has 0 saturated carbocycles. The lowest BCUT2D eigenvalue weighted by atomic mass is 11.6. The van der Waals surface area contributed by atoms with E-state index in [0.29, 0.717) is 0 Å². The Morgan fingerprint density at radius 3 is 2.20 bits per heavy atom. The molecule has 0 aliphatic heterocycles. The first-order valence-electron chi connectivity index (χ1n) is 1.06. The first kappa shape index (κ1) is 4.98. The molecule has 0 unspecified atom stereocenters. The molecule has 5 heavy (non-hydrogen) atoms. The van der Waals surface area contributed by atoms with Gasteiger partial charge in [0.2, 0.25) is 0 Å². The van der Waals surface area contributed by atoms with Crippen LogP contribution in [0.5, 0.6) is 0 Å². The van der Waals surface area contributed by atoms with E-state index in [9.17, 15) is 0 Å². The minimum Gasteiger partial charge on any atom is -0.474 e. The van der Waals surface area contributed by atoms with E-state index in [1.54, 1.807) is 0 Å². The fourth-order valence-corrected chi connectivity index (χ4v) is 0. The Labute approximate surface area is 32.6 Å². The van der Waals surface area contributed by atoms with Crippen LogP contribution >= 0.6 is 0 Å². The van der Waals surface area contributed by atoms with E-state index in [-0.39, 0.29) is 5.88 Å². The van der Waals surface area contributed by atoms with Gasteiger partial charge in [0.05, 0.1) is 0 Å². The third kappa shape index (κ3) is 3.98. The Bertz CT molecular complexity index is 71.5. The predicted molar refractivity (Wildman–Crippen MR) is 20.8 cm³/mol. The smallest absolute Gasteiger partial charge is 0.0451 e. The van der Waals surface area contributed by atoms with Gasteiger partial charge in [-0.25, -0.2) is 0 Å². The zero-order valence-electron chi connectivity index (χ0n) is 2.59. The van der Waals surface area contributed by atoms with Crippen LogP contribution in [-0.2, 0) is 10.8 Å². The standard InChI is InChI=1S/CH5N2OS/c2-1-5(3)4/h4H,1-2H2/q-1. The Morgan fingerprint density at radius 2 is 2.20 bits per heavy atom.